The van der Waals surface area contributed by atoms with Gasteiger partial charge in [-0.05, 0) is 51.2 Å². The fourth-order valence-electron chi connectivity index (χ4n) is 2.83. The Balaban J connectivity index is 0.00000312. The van der Waals surface area contributed by atoms with Gasteiger partial charge in [-0.2, -0.15) is 0 Å². The Kier molecular flexibility index (Phi) is 13.1. The van der Waals surface area contributed by atoms with Crippen molar-refractivity contribution in [3.63, 3.8) is 0 Å². The van der Waals surface area contributed by atoms with E-state index in [0.717, 1.165) is 13.1 Å². The lowest BCUT2D eigenvalue weighted by Gasteiger charge is -2.19. The summed E-state index contributed by atoms with van der Waals surface area (Å²) in [6.45, 7) is 3.06. The van der Waals surface area contributed by atoms with Crippen LogP contribution in [0.1, 0.15) is 32.1 Å². The Hall–Kier alpha value is -1.34. The molecule has 0 radical (unpaired) electrons. The van der Waals surface area contributed by atoms with Gasteiger partial charge in [-0.3, -0.25) is 14.5 Å². The van der Waals surface area contributed by atoms with Crippen molar-refractivity contribution in [3.8, 4) is 0 Å². The molecule has 1 aliphatic rings. The molecular weight excluding hydrogens is 375 g/mol. The van der Waals surface area contributed by atoms with Gasteiger partial charge in [0.15, 0.2) is 0 Å². The summed E-state index contributed by atoms with van der Waals surface area (Å²) in [5.74, 6) is -0.0482. The van der Waals surface area contributed by atoms with Crippen LogP contribution in [0.4, 0.5) is 11.4 Å². The van der Waals surface area contributed by atoms with Crippen LogP contribution >= 0.6 is 24.8 Å². The highest BCUT2D eigenvalue weighted by molar-refractivity contribution is 5.94. The van der Waals surface area contributed by atoms with Gasteiger partial charge in [0.1, 0.15) is 0 Å². The smallest absolute Gasteiger partial charge is 0.238 e. The minimum absolute atomic E-state index is 0. The summed E-state index contributed by atoms with van der Waals surface area (Å²) in [5, 5.41) is 8.70. The number of amides is 2. The summed E-state index contributed by atoms with van der Waals surface area (Å²) in [6, 6.07) is 7.28. The fraction of sp³-hybridized carbons (Fsp3) is 0.556. The number of likely N-dealkylation sites (tertiary alicyclic amines) is 1. The molecule has 3 N–H and O–H groups in total. The molecule has 1 saturated heterocycles. The molecule has 0 saturated carbocycles. The van der Waals surface area contributed by atoms with Crippen LogP contribution < -0.4 is 16.0 Å². The van der Waals surface area contributed by atoms with Crippen molar-refractivity contribution in [2.45, 2.75) is 32.1 Å². The zero-order valence-electron chi connectivity index (χ0n) is 15.3. The molecule has 0 aromatic heterocycles. The van der Waals surface area contributed by atoms with E-state index < -0.39 is 0 Å². The predicted octanol–water partition coefficient (Wildman–Crippen LogP) is 2.89. The topological polar surface area (TPSA) is 73.5 Å². The van der Waals surface area contributed by atoms with Gasteiger partial charge in [0.05, 0.1) is 6.54 Å². The van der Waals surface area contributed by atoms with Gasteiger partial charge in [0.25, 0.3) is 0 Å². The summed E-state index contributed by atoms with van der Waals surface area (Å²) in [6.07, 6.45) is 5.27. The Morgan fingerprint density at radius 3 is 2.12 bits per heavy atom. The number of anilines is 2. The minimum atomic E-state index is -0.0441. The number of rotatable bonds is 7. The fourth-order valence-corrected chi connectivity index (χ4v) is 2.83. The minimum Gasteiger partial charge on any atom is -0.326 e. The first-order chi connectivity index (χ1) is 11.7. The average molecular weight is 405 g/mol. The third kappa shape index (κ3) is 9.38. The van der Waals surface area contributed by atoms with Crippen LogP contribution in [0.15, 0.2) is 24.3 Å². The second-order valence-corrected chi connectivity index (χ2v) is 6.22. The van der Waals surface area contributed by atoms with Crippen LogP contribution in [0.3, 0.4) is 0 Å². The largest absolute Gasteiger partial charge is 0.326 e. The van der Waals surface area contributed by atoms with E-state index in [-0.39, 0.29) is 36.6 Å². The number of carbonyl (C=O) groups excluding carboxylic acids is 2. The number of nitrogens with one attached hydrogen (secondary N) is 3. The summed E-state index contributed by atoms with van der Waals surface area (Å²) in [5.41, 5.74) is 1.41. The molecule has 0 atom stereocenters. The highest BCUT2D eigenvalue weighted by Crippen LogP contribution is 2.16. The van der Waals surface area contributed by atoms with Gasteiger partial charge in [0.2, 0.25) is 11.8 Å². The van der Waals surface area contributed by atoms with Crippen molar-refractivity contribution in [3.05, 3.63) is 24.3 Å². The monoisotopic (exact) mass is 404 g/mol. The highest BCUT2D eigenvalue weighted by Gasteiger charge is 2.13. The molecule has 2 amide bonds. The van der Waals surface area contributed by atoms with Crippen molar-refractivity contribution in [2.24, 2.45) is 0 Å². The number of hydrogen-bond donors (Lipinski definition) is 3. The maximum absolute atomic E-state index is 12.2. The predicted molar refractivity (Wildman–Crippen MR) is 112 cm³/mol. The van der Waals surface area contributed by atoms with E-state index in [1.54, 1.807) is 6.07 Å². The van der Waals surface area contributed by atoms with Crippen LogP contribution in [-0.4, -0.2) is 49.9 Å². The number of hydrogen-bond acceptors (Lipinski definition) is 4. The first-order valence-corrected chi connectivity index (χ1v) is 8.74. The van der Waals surface area contributed by atoms with Gasteiger partial charge in [-0.15, -0.1) is 24.8 Å². The Bertz CT molecular complexity index is 550. The third-order valence-corrected chi connectivity index (χ3v) is 4.10. The van der Waals surface area contributed by atoms with Crippen LogP contribution in [0, 0.1) is 0 Å². The van der Waals surface area contributed by atoms with Crippen LogP contribution in [0.25, 0.3) is 0 Å². The second-order valence-electron chi connectivity index (χ2n) is 6.22. The van der Waals surface area contributed by atoms with E-state index >= 15 is 0 Å². The van der Waals surface area contributed by atoms with Crippen molar-refractivity contribution in [2.75, 3.05) is 43.9 Å². The molecule has 148 valence electrons. The molecule has 1 aromatic carbocycles. The zero-order valence-corrected chi connectivity index (χ0v) is 16.9. The number of nitrogens with zero attached hydrogens (tertiary/aromatic N) is 1. The van der Waals surface area contributed by atoms with Crippen LogP contribution in [0.5, 0.6) is 0 Å². The summed E-state index contributed by atoms with van der Waals surface area (Å²) >= 11 is 0. The molecule has 0 aliphatic carbocycles. The van der Waals surface area contributed by atoms with Gasteiger partial charge >= 0.3 is 0 Å². The first kappa shape index (κ1) is 24.7. The molecule has 0 spiro atoms. The normalized spacial score (nSPS) is 14.3. The first-order valence-electron chi connectivity index (χ1n) is 8.74. The molecule has 1 heterocycles. The van der Waals surface area contributed by atoms with Crippen molar-refractivity contribution < 1.29 is 9.59 Å². The molecule has 1 aromatic rings. The molecule has 6 nitrogen and oxygen atoms in total. The Labute approximate surface area is 168 Å². The number of halogens is 2. The molecule has 0 unspecified atom stereocenters. The van der Waals surface area contributed by atoms with Crippen LogP contribution in [0.2, 0.25) is 0 Å². The lowest BCUT2D eigenvalue weighted by molar-refractivity contribution is -0.117. The van der Waals surface area contributed by atoms with E-state index in [9.17, 15) is 9.59 Å². The second kappa shape index (κ2) is 13.8. The maximum atomic E-state index is 12.2. The van der Waals surface area contributed by atoms with E-state index in [2.05, 4.69) is 20.9 Å². The van der Waals surface area contributed by atoms with Crippen molar-refractivity contribution >= 4 is 48.0 Å². The Morgan fingerprint density at radius 2 is 1.54 bits per heavy atom. The summed E-state index contributed by atoms with van der Waals surface area (Å²) in [7, 11) is 1.81. The van der Waals surface area contributed by atoms with E-state index in [0.29, 0.717) is 30.9 Å². The Morgan fingerprint density at radius 1 is 0.962 bits per heavy atom. The molecular formula is C18H30Cl2N4O2. The molecule has 26 heavy (non-hydrogen) atoms. The lowest BCUT2D eigenvalue weighted by atomic mass is 10.2. The van der Waals surface area contributed by atoms with Gasteiger partial charge < -0.3 is 16.0 Å². The SMILES string of the molecule is CNCCC(=O)Nc1cccc(NC(=O)CN2CCCCCC2)c1.Cl.Cl. The van der Waals surface area contributed by atoms with E-state index in [4.69, 9.17) is 0 Å². The van der Waals surface area contributed by atoms with Crippen molar-refractivity contribution in [1.82, 2.24) is 10.2 Å². The highest BCUT2D eigenvalue weighted by atomic mass is 35.5. The summed E-state index contributed by atoms with van der Waals surface area (Å²) in [4.78, 5) is 26.2. The molecule has 8 heteroatoms. The van der Waals surface area contributed by atoms with Crippen molar-refractivity contribution in [1.29, 1.82) is 0 Å². The van der Waals surface area contributed by atoms with E-state index in [1.165, 1.54) is 25.7 Å². The van der Waals surface area contributed by atoms with Crippen LogP contribution in [-0.2, 0) is 9.59 Å². The van der Waals surface area contributed by atoms with Gasteiger partial charge in [0, 0.05) is 24.3 Å². The maximum Gasteiger partial charge on any atom is 0.238 e. The zero-order chi connectivity index (χ0) is 17.2. The molecule has 1 aliphatic heterocycles. The average Bonchev–Trinajstić information content (AvgIpc) is 2.81. The quantitative estimate of drug-likeness (QED) is 0.652. The van der Waals surface area contributed by atoms with E-state index in [1.807, 2.05) is 25.2 Å². The lowest BCUT2D eigenvalue weighted by Crippen LogP contribution is -2.33. The number of benzene rings is 1. The number of carbonyl (C=O) groups is 2. The van der Waals surface area contributed by atoms with Gasteiger partial charge in [-0.25, -0.2) is 0 Å². The third-order valence-electron chi connectivity index (χ3n) is 4.10. The molecule has 2 rings (SSSR count). The standard InChI is InChI=1S/C18H28N4O2.2ClH/c1-19-10-9-17(23)20-15-7-6-8-16(13-15)21-18(24)14-22-11-4-2-3-5-12-22;;/h6-8,13,19H,2-5,9-12,14H2,1H3,(H,20,23)(H,21,24);2*1H. The summed E-state index contributed by atoms with van der Waals surface area (Å²) < 4.78 is 0. The molecule has 0 bridgehead atoms. The van der Waals surface area contributed by atoms with Gasteiger partial charge in [-0.1, -0.05) is 18.9 Å². The molecule has 1 fully saturated rings.